The van der Waals surface area contributed by atoms with E-state index >= 15 is 0 Å². The number of benzene rings is 2. The fraction of sp³-hybridized carbons (Fsp3) is 0.333. The molecule has 2 fully saturated rings. The molecular weight excluding hydrogens is 445 g/mol. The quantitative estimate of drug-likeness (QED) is 0.592. The second-order valence-electron chi connectivity index (χ2n) is 9.53. The van der Waals surface area contributed by atoms with Crippen LogP contribution < -0.4 is 10.6 Å². The van der Waals surface area contributed by atoms with Crippen LogP contribution in [-0.4, -0.2) is 45.3 Å². The SMILES string of the molecule is Cc1cc(C)nc(Nc2cccc(C(=O)N3C[C@@H](c4cccc(F)c4)[C@@]4(CCCC(=O)N4)C3)c2)n1. The summed E-state index contributed by atoms with van der Waals surface area (Å²) >= 11 is 0. The van der Waals surface area contributed by atoms with Gasteiger partial charge < -0.3 is 15.5 Å². The lowest BCUT2D eigenvalue weighted by Crippen LogP contribution is -2.56. The lowest BCUT2D eigenvalue weighted by molar-refractivity contribution is -0.125. The van der Waals surface area contributed by atoms with Crippen LogP contribution in [0.25, 0.3) is 0 Å². The number of aromatic nitrogens is 2. The minimum Gasteiger partial charge on any atom is -0.348 e. The van der Waals surface area contributed by atoms with Gasteiger partial charge in [0.1, 0.15) is 5.82 Å². The molecule has 2 saturated heterocycles. The Kier molecular flexibility index (Phi) is 5.96. The van der Waals surface area contributed by atoms with Crippen LogP contribution in [0.2, 0.25) is 0 Å². The lowest BCUT2D eigenvalue weighted by atomic mass is 9.76. The average Bonchev–Trinajstić information content (AvgIpc) is 3.16. The molecular formula is C27H28FN5O2. The zero-order valence-corrected chi connectivity index (χ0v) is 19.8. The first kappa shape index (κ1) is 23.0. The lowest BCUT2D eigenvalue weighted by Gasteiger charge is -2.39. The van der Waals surface area contributed by atoms with E-state index in [1.165, 1.54) is 12.1 Å². The standard InChI is InChI=1S/C27H28FN5O2/c1-17-12-18(2)30-26(29-17)31-22-9-4-7-20(14-22)25(35)33-15-23(19-6-3-8-21(28)13-19)27(16-33)11-5-10-24(34)32-27/h3-4,6-9,12-14,23H,5,10-11,15-16H2,1-2H3,(H,32,34)(H,29,30,31)/t23-,27+/m0/s1. The van der Waals surface area contributed by atoms with E-state index in [2.05, 4.69) is 20.6 Å². The summed E-state index contributed by atoms with van der Waals surface area (Å²) in [7, 11) is 0. The van der Waals surface area contributed by atoms with Crippen LogP contribution in [-0.2, 0) is 4.79 Å². The van der Waals surface area contributed by atoms with Crippen molar-refractivity contribution in [2.75, 3.05) is 18.4 Å². The minimum absolute atomic E-state index is 0.0217. The molecule has 8 heteroatoms. The predicted octanol–water partition coefficient (Wildman–Crippen LogP) is 4.25. The average molecular weight is 474 g/mol. The van der Waals surface area contributed by atoms with E-state index in [0.29, 0.717) is 36.7 Å². The van der Waals surface area contributed by atoms with Gasteiger partial charge >= 0.3 is 0 Å². The van der Waals surface area contributed by atoms with Gasteiger partial charge in [-0.3, -0.25) is 9.59 Å². The Hall–Kier alpha value is -3.81. The highest BCUT2D eigenvalue weighted by atomic mass is 19.1. The maximum absolute atomic E-state index is 14.1. The van der Waals surface area contributed by atoms with Crippen LogP contribution in [0.4, 0.5) is 16.0 Å². The molecule has 5 rings (SSSR count). The molecule has 0 unspecified atom stereocenters. The van der Waals surface area contributed by atoms with Crippen molar-refractivity contribution in [1.82, 2.24) is 20.2 Å². The number of carbonyl (C=O) groups excluding carboxylic acids is 2. The summed E-state index contributed by atoms with van der Waals surface area (Å²) in [5.74, 6) is -0.184. The second kappa shape index (κ2) is 9.09. The number of rotatable bonds is 4. The number of nitrogens with one attached hydrogen (secondary N) is 2. The van der Waals surface area contributed by atoms with Gasteiger partial charge in [-0.05, 0) is 68.7 Å². The van der Waals surface area contributed by atoms with Gasteiger partial charge in [0.05, 0.1) is 5.54 Å². The van der Waals surface area contributed by atoms with Crippen LogP contribution in [0.15, 0.2) is 54.6 Å². The molecule has 0 saturated carbocycles. The first-order valence-electron chi connectivity index (χ1n) is 11.9. The summed E-state index contributed by atoms with van der Waals surface area (Å²) in [6.45, 7) is 4.60. The van der Waals surface area contributed by atoms with E-state index < -0.39 is 5.54 Å². The Labute approximate surface area is 203 Å². The summed E-state index contributed by atoms with van der Waals surface area (Å²) < 4.78 is 14.1. The molecule has 35 heavy (non-hydrogen) atoms. The van der Waals surface area contributed by atoms with E-state index in [0.717, 1.165) is 29.8 Å². The Bertz CT molecular complexity index is 1280. The molecule has 2 aliphatic rings. The van der Waals surface area contributed by atoms with E-state index in [1.54, 1.807) is 23.1 Å². The number of hydrogen-bond donors (Lipinski definition) is 2. The number of carbonyl (C=O) groups is 2. The van der Waals surface area contributed by atoms with Crippen molar-refractivity contribution in [3.8, 4) is 0 Å². The highest BCUT2D eigenvalue weighted by Gasteiger charge is 2.50. The molecule has 180 valence electrons. The molecule has 1 aromatic heterocycles. The molecule has 2 N–H and O–H groups in total. The van der Waals surface area contributed by atoms with Gasteiger partial charge in [-0.1, -0.05) is 18.2 Å². The highest BCUT2D eigenvalue weighted by Crippen LogP contribution is 2.42. The number of hydrogen-bond acceptors (Lipinski definition) is 5. The fourth-order valence-corrected chi connectivity index (χ4v) is 5.38. The largest absolute Gasteiger partial charge is 0.348 e. The van der Waals surface area contributed by atoms with Crippen LogP contribution in [0.1, 0.15) is 52.5 Å². The third-order valence-electron chi connectivity index (χ3n) is 6.84. The molecule has 3 aromatic rings. The summed E-state index contributed by atoms with van der Waals surface area (Å²) in [5.41, 5.74) is 3.14. The van der Waals surface area contributed by atoms with Gasteiger partial charge in [-0.25, -0.2) is 14.4 Å². The number of likely N-dealkylation sites (tertiary alicyclic amines) is 1. The first-order valence-corrected chi connectivity index (χ1v) is 11.9. The molecule has 2 aromatic carbocycles. The van der Waals surface area contributed by atoms with Crippen molar-refractivity contribution in [2.45, 2.75) is 44.6 Å². The van der Waals surface area contributed by atoms with E-state index in [4.69, 9.17) is 0 Å². The Balaban J connectivity index is 1.41. The molecule has 0 bridgehead atoms. The first-order chi connectivity index (χ1) is 16.8. The van der Waals surface area contributed by atoms with Crippen molar-refractivity contribution < 1.29 is 14.0 Å². The van der Waals surface area contributed by atoms with Gasteiger partial charge in [0.15, 0.2) is 0 Å². The van der Waals surface area contributed by atoms with Crippen LogP contribution >= 0.6 is 0 Å². The van der Waals surface area contributed by atoms with Crippen molar-refractivity contribution in [2.24, 2.45) is 0 Å². The van der Waals surface area contributed by atoms with Crippen molar-refractivity contribution in [3.63, 3.8) is 0 Å². The molecule has 7 nitrogen and oxygen atoms in total. The predicted molar refractivity (Wildman–Crippen MR) is 131 cm³/mol. The summed E-state index contributed by atoms with van der Waals surface area (Å²) in [6.07, 6.45) is 1.96. The van der Waals surface area contributed by atoms with E-state index in [1.807, 2.05) is 38.1 Å². The topological polar surface area (TPSA) is 87.2 Å². The van der Waals surface area contributed by atoms with Gasteiger partial charge in [-0.15, -0.1) is 0 Å². The van der Waals surface area contributed by atoms with Crippen molar-refractivity contribution >= 4 is 23.5 Å². The summed E-state index contributed by atoms with van der Waals surface area (Å²) in [5, 5.41) is 6.35. The number of amides is 2. The van der Waals surface area contributed by atoms with Crippen LogP contribution in [0, 0.1) is 19.7 Å². The van der Waals surface area contributed by atoms with E-state index in [-0.39, 0.29) is 23.5 Å². The fourth-order valence-electron chi connectivity index (χ4n) is 5.38. The van der Waals surface area contributed by atoms with Crippen molar-refractivity contribution in [1.29, 1.82) is 0 Å². The van der Waals surface area contributed by atoms with Gasteiger partial charge in [-0.2, -0.15) is 0 Å². The van der Waals surface area contributed by atoms with E-state index in [9.17, 15) is 14.0 Å². The molecule has 0 aliphatic carbocycles. The maximum Gasteiger partial charge on any atom is 0.254 e. The Morgan fingerprint density at radius 2 is 1.89 bits per heavy atom. The Morgan fingerprint density at radius 1 is 1.11 bits per heavy atom. The zero-order valence-electron chi connectivity index (χ0n) is 19.8. The smallest absolute Gasteiger partial charge is 0.254 e. The Morgan fingerprint density at radius 3 is 2.63 bits per heavy atom. The second-order valence-corrected chi connectivity index (χ2v) is 9.53. The zero-order chi connectivity index (χ0) is 24.6. The minimum atomic E-state index is -0.596. The molecule has 2 atom stereocenters. The molecule has 1 spiro atoms. The van der Waals surface area contributed by atoms with Gasteiger partial charge in [0.2, 0.25) is 11.9 Å². The van der Waals surface area contributed by atoms with Gasteiger partial charge in [0, 0.05) is 48.1 Å². The third kappa shape index (κ3) is 4.73. The number of halogens is 1. The third-order valence-corrected chi connectivity index (χ3v) is 6.84. The number of anilines is 2. The summed E-state index contributed by atoms with van der Waals surface area (Å²) in [4.78, 5) is 36.5. The number of aryl methyl sites for hydroxylation is 2. The molecule has 0 radical (unpaired) electrons. The summed E-state index contributed by atoms with van der Waals surface area (Å²) in [6, 6.07) is 15.6. The normalized spacial score (nSPS) is 21.7. The van der Waals surface area contributed by atoms with Crippen molar-refractivity contribution in [3.05, 3.63) is 82.9 Å². The van der Waals surface area contributed by atoms with Gasteiger partial charge in [0.25, 0.3) is 5.91 Å². The maximum atomic E-state index is 14.1. The monoisotopic (exact) mass is 473 g/mol. The molecule has 2 aliphatic heterocycles. The molecule has 2 amide bonds. The highest BCUT2D eigenvalue weighted by molar-refractivity contribution is 5.96. The number of nitrogens with zero attached hydrogens (tertiary/aromatic N) is 3. The van der Waals surface area contributed by atoms with Crippen LogP contribution in [0.3, 0.4) is 0 Å². The van der Waals surface area contributed by atoms with Crippen LogP contribution in [0.5, 0.6) is 0 Å². The number of piperidine rings is 1. The molecule has 3 heterocycles.